The molecule has 1 aromatic carbocycles. The van der Waals surface area contributed by atoms with Crippen molar-refractivity contribution in [1.29, 1.82) is 5.26 Å². The van der Waals surface area contributed by atoms with E-state index in [1.165, 1.54) is 24.9 Å². The van der Waals surface area contributed by atoms with E-state index in [1.54, 1.807) is 0 Å². The second-order valence-corrected chi connectivity index (χ2v) is 6.41. The number of esters is 1. The first-order valence-corrected chi connectivity index (χ1v) is 8.17. The lowest BCUT2D eigenvalue weighted by atomic mass is 10.1. The summed E-state index contributed by atoms with van der Waals surface area (Å²) in [5.41, 5.74) is 2.15. The maximum atomic E-state index is 11.7. The van der Waals surface area contributed by atoms with Gasteiger partial charge >= 0.3 is 5.97 Å². The lowest BCUT2D eigenvalue weighted by Gasteiger charge is -2.09. The molecule has 0 saturated carbocycles. The van der Waals surface area contributed by atoms with Gasteiger partial charge in [0, 0.05) is 6.07 Å². The Morgan fingerprint density at radius 3 is 2.75 bits per heavy atom. The minimum Gasteiger partial charge on any atom is -0.469 e. The van der Waals surface area contributed by atoms with Crippen LogP contribution >= 0.6 is 11.8 Å². The lowest BCUT2D eigenvalue weighted by Crippen LogP contribution is -2.15. The lowest BCUT2D eigenvalue weighted by molar-refractivity contribution is -0.139. The minimum atomic E-state index is -0.472. The number of methoxy groups -OCH3 is 1. The van der Waals surface area contributed by atoms with Crippen LogP contribution in [0.5, 0.6) is 0 Å². The van der Waals surface area contributed by atoms with Crippen LogP contribution in [-0.4, -0.2) is 28.3 Å². The van der Waals surface area contributed by atoms with Crippen molar-refractivity contribution >= 4 is 17.7 Å². The monoisotopic (exact) mass is 343 g/mol. The summed E-state index contributed by atoms with van der Waals surface area (Å²) in [5, 5.41) is 9.28. The highest BCUT2D eigenvalue weighted by molar-refractivity contribution is 8.00. The molecule has 1 heterocycles. The Labute approximate surface area is 143 Å². The first kappa shape index (κ1) is 17.8. The summed E-state index contributed by atoms with van der Waals surface area (Å²) < 4.78 is 4.57. The molecule has 124 valence electrons. The molecular formula is C17H17N3O3S. The SMILES string of the molecule is COC(=O)Cc1cc(=O)[nH]c(S[C@@H](C#N)Cc2ccc(C)cc2)n1. The van der Waals surface area contributed by atoms with Crippen LogP contribution in [-0.2, 0) is 22.4 Å². The van der Waals surface area contributed by atoms with Crippen molar-refractivity contribution in [2.45, 2.75) is 30.2 Å². The maximum absolute atomic E-state index is 11.7. The van der Waals surface area contributed by atoms with Crippen LogP contribution in [0.3, 0.4) is 0 Å². The van der Waals surface area contributed by atoms with Gasteiger partial charge in [-0.05, 0) is 18.9 Å². The summed E-state index contributed by atoms with van der Waals surface area (Å²) in [6.07, 6.45) is 0.454. The van der Waals surface area contributed by atoms with Gasteiger partial charge in [0.2, 0.25) is 0 Å². The van der Waals surface area contributed by atoms with E-state index in [0.717, 1.165) is 11.1 Å². The molecule has 2 rings (SSSR count). The molecule has 0 bridgehead atoms. The molecule has 2 aromatic rings. The molecule has 1 atom stereocenters. The number of benzene rings is 1. The average molecular weight is 343 g/mol. The largest absolute Gasteiger partial charge is 0.469 e. The molecule has 0 unspecified atom stereocenters. The predicted octanol–water partition coefficient (Wildman–Crippen LogP) is 2.02. The number of hydrogen-bond donors (Lipinski definition) is 1. The van der Waals surface area contributed by atoms with Gasteiger partial charge in [-0.15, -0.1) is 0 Å². The van der Waals surface area contributed by atoms with Crippen molar-refractivity contribution in [3.8, 4) is 6.07 Å². The van der Waals surface area contributed by atoms with Crippen LogP contribution < -0.4 is 5.56 Å². The highest BCUT2D eigenvalue weighted by Gasteiger charge is 2.14. The molecule has 0 aliphatic rings. The summed E-state index contributed by atoms with van der Waals surface area (Å²) in [5.74, 6) is -0.472. The van der Waals surface area contributed by atoms with Gasteiger partial charge in [-0.2, -0.15) is 5.26 Å². The van der Waals surface area contributed by atoms with E-state index in [9.17, 15) is 14.9 Å². The molecule has 0 aliphatic heterocycles. The standard InChI is InChI=1S/C17H17N3O3S/c1-11-3-5-12(6-4-11)7-14(10-18)24-17-19-13(8-15(21)20-17)9-16(22)23-2/h3-6,8,14H,7,9H2,1-2H3,(H,19,20,21)/t14-/m1/s1. The molecule has 6 nitrogen and oxygen atoms in total. The number of aromatic amines is 1. The number of H-pyrrole nitrogens is 1. The number of thioether (sulfide) groups is 1. The Hall–Kier alpha value is -2.59. The Balaban J connectivity index is 2.12. The summed E-state index contributed by atoms with van der Waals surface area (Å²) in [4.78, 5) is 29.8. The van der Waals surface area contributed by atoms with E-state index in [4.69, 9.17) is 0 Å². The van der Waals surface area contributed by atoms with Crippen molar-refractivity contribution in [3.05, 3.63) is 57.5 Å². The van der Waals surface area contributed by atoms with Crippen molar-refractivity contribution in [2.24, 2.45) is 0 Å². The Bertz CT molecular complexity index is 809. The van der Waals surface area contributed by atoms with Gasteiger partial charge in [-0.1, -0.05) is 41.6 Å². The molecule has 0 saturated heterocycles. The number of hydrogen-bond acceptors (Lipinski definition) is 6. The van der Waals surface area contributed by atoms with Crippen LogP contribution in [0.15, 0.2) is 40.3 Å². The number of nitrogens with zero attached hydrogens (tertiary/aromatic N) is 2. The van der Waals surface area contributed by atoms with E-state index in [-0.39, 0.29) is 12.0 Å². The van der Waals surface area contributed by atoms with Crippen molar-refractivity contribution < 1.29 is 9.53 Å². The number of aryl methyl sites for hydroxylation is 1. The first-order valence-electron chi connectivity index (χ1n) is 7.29. The topological polar surface area (TPSA) is 95.8 Å². The summed E-state index contributed by atoms with van der Waals surface area (Å²) in [7, 11) is 1.28. The molecule has 0 radical (unpaired) electrons. The minimum absolute atomic E-state index is 0.0802. The van der Waals surface area contributed by atoms with E-state index in [1.807, 2.05) is 31.2 Å². The first-order chi connectivity index (χ1) is 11.5. The zero-order valence-corrected chi connectivity index (χ0v) is 14.2. The van der Waals surface area contributed by atoms with E-state index in [0.29, 0.717) is 17.3 Å². The highest BCUT2D eigenvalue weighted by atomic mass is 32.2. The van der Waals surface area contributed by atoms with Gasteiger partial charge in [-0.3, -0.25) is 9.59 Å². The summed E-state index contributed by atoms with van der Waals surface area (Å²) >= 11 is 1.17. The van der Waals surface area contributed by atoms with Gasteiger partial charge in [-0.25, -0.2) is 4.98 Å². The average Bonchev–Trinajstić information content (AvgIpc) is 2.55. The Morgan fingerprint density at radius 1 is 1.42 bits per heavy atom. The fourth-order valence-electron chi connectivity index (χ4n) is 2.04. The molecule has 0 aliphatic carbocycles. The van der Waals surface area contributed by atoms with E-state index < -0.39 is 11.2 Å². The summed E-state index contributed by atoms with van der Waals surface area (Å²) in [6.45, 7) is 2.00. The zero-order chi connectivity index (χ0) is 17.5. The van der Waals surface area contributed by atoms with Crippen LogP contribution in [0.1, 0.15) is 16.8 Å². The van der Waals surface area contributed by atoms with Gasteiger partial charge in [0.1, 0.15) is 5.25 Å². The third-order valence-electron chi connectivity index (χ3n) is 3.27. The number of nitriles is 1. The summed E-state index contributed by atoms with van der Waals surface area (Å²) in [6, 6.07) is 11.4. The van der Waals surface area contributed by atoms with E-state index >= 15 is 0 Å². The second kappa shape index (κ2) is 8.31. The van der Waals surface area contributed by atoms with Crippen molar-refractivity contribution in [2.75, 3.05) is 7.11 Å². The number of carbonyl (C=O) groups excluding carboxylic acids is 1. The van der Waals surface area contributed by atoms with Gasteiger partial charge in [0.05, 0.1) is 25.3 Å². The number of nitrogens with one attached hydrogen (secondary N) is 1. The third kappa shape index (κ3) is 5.25. The molecule has 7 heteroatoms. The normalized spacial score (nSPS) is 11.5. The van der Waals surface area contributed by atoms with Crippen LogP contribution in [0.4, 0.5) is 0 Å². The maximum Gasteiger partial charge on any atom is 0.311 e. The number of carbonyl (C=O) groups is 1. The van der Waals surface area contributed by atoms with Gasteiger partial charge < -0.3 is 9.72 Å². The fourth-order valence-corrected chi connectivity index (χ4v) is 2.96. The number of rotatable bonds is 6. The van der Waals surface area contributed by atoms with E-state index in [2.05, 4.69) is 20.8 Å². The smallest absolute Gasteiger partial charge is 0.311 e. The second-order valence-electron chi connectivity index (χ2n) is 5.22. The number of aromatic nitrogens is 2. The highest BCUT2D eigenvalue weighted by Crippen LogP contribution is 2.22. The predicted molar refractivity (Wildman–Crippen MR) is 90.7 cm³/mol. The zero-order valence-electron chi connectivity index (χ0n) is 13.4. The molecule has 0 amide bonds. The third-order valence-corrected chi connectivity index (χ3v) is 4.24. The molecule has 24 heavy (non-hydrogen) atoms. The van der Waals surface area contributed by atoms with Crippen LogP contribution in [0, 0.1) is 18.3 Å². The number of ether oxygens (including phenoxy) is 1. The fraction of sp³-hybridized carbons (Fsp3) is 0.294. The molecule has 1 aromatic heterocycles. The molecular weight excluding hydrogens is 326 g/mol. The molecule has 0 fully saturated rings. The molecule has 0 spiro atoms. The van der Waals surface area contributed by atoms with Crippen LogP contribution in [0.25, 0.3) is 0 Å². The van der Waals surface area contributed by atoms with Gasteiger partial charge in [0.25, 0.3) is 5.56 Å². The van der Waals surface area contributed by atoms with Crippen molar-refractivity contribution in [3.63, 3.8) is 0 Å². The molecule has 1 N–H and O–H groups in total. The van der Waals surface area contributed by atoms with Gasteiger partial charge in [0.15, 0.2) is 5.16 Å². The Morgan fingerprint density at radius 2 is 2.12 bits per heavy atom. The van der Waals surface area contributed by atoms with Crippen LogP contribution in [0.2, 0.25) is 0 Å². The quantitative estimate of drug-likeness (QED) is 0.490. The van der Waals surface area contributed by atoms with Crippen molar-refractivity contribution in [1.82, 2.24) is 9.97 Å². The Kier molecular flexibility index (Phi) is 6.15.